The Hall–Kier alpha value is -2.35. The molecule has 8 heteroatoms. The van der Waals surface area contributed by atoms with E-state index < -0.39 is 11.7 Å². The third-order valence-corrected chi connectivity index (χ3v) is 6.83. The Morgan fingerprint density at radius 3 is 2.35 bits per heavy atom. The summed E-state index contributed by atoms with van der Waals surface area (Å²) in [6.45, 7) is 3.76. The topological polar surface area (TPSA) is 41.4 Å². The van der Waals surface area contributed by atoms with Gasteiger partial charge < -0.3 is 9.80 Å². The number of aromatic nitrogens is 2. The number of rotatable bonds is 4. The van der Waals surface area contributed by atoms with Gasteiger partial charge in [0.15, 0.2) is 0 Å². The van der Waals surface area contributed by atoms with Crippen LogP contribution in [-0.2, 0) is 6.18 Å². The standard InChI is InChI=1S/C23H27F3N4O/c24-23(25,26)17-4-3-5-19(14-17)30-21(16-6-7-16)20(15-27-30)22(31)29-12-8-18(9-13-29)28-10-1-2-11-28/h3-5,14-16,18H,1-2,6-13H2. The van der Waals surface area contributed by atoms with Gasteiger partial charge in [0.1, 0.15) is 0 Å². The van der Waals surface area contributed by atoms with Crippen LogP contribution in [0.2, 0.25) is 0 Å². The summed E-state index contributed by atoms with van der Waals surface area (Å²) in [6, 6.07) is 5.72. The molecule has 0 atom stereocenters. The van der Waals surface area contributed by atoms with Gasteiger partial charge in [-0.2, -0.15) is 18.3 Å². The predicted molar refractivity (Wildman–Crippen MR) is 110 cm³/mol. The maximum Gasteiger partial charge on any atom is 0.416 e. The van der Waals surface area contributed by atoms with E-state index in [4.69, 9.17) is 0 Å². The predicted octanol–water partition coefficient (Wildman–Crippen LogP) is 4.47. The van der Waals surface area contributed by atoms with E-state index in [2.05, 4.69) is 10.00 Å². The fourth-order valence-corrected chi connectivity index (χ4v) is 5.00. The summed E-state index contributed by atoms with van der Waals surface area (Å²) in [6.07, 6.45) is 3.48. The second kappa shape index (κ2) is 7.97. The third-order valence-electron chi connectivity index (χ3n) is 6.83. The van der Waals surface area contributed by atoms with Gasteiger partial charge >= 0.3 is 6.18 Å². The minimum absolute atomic E-state index is 0.0417. The zero-order valence-corrected chi connectivity index (χ0v) is 17.4. The number of hydrogen-bond acceptors (Lipinski definition) is 3. The van der Waals surface area contributed by atoms with E-state index in [0.717, 1.165) is 69.7 Å². The van der Waals surface area contributed by atoms with Gasteiger partial charge in [-0.25, -0.2) is 4.68 Å². The lowest BCUT2D eigenvalue weighted by Crippen LogP contribution is -2.46. The molecule has 0 N–H and O–H groups in total. The van der Waals surface area contributed by atoms with E-state index in [1.165, 1.54) is 23.6 Å². The van der Waals surface area contributed by atoms with Crippen LogP contribution in [0, 0.1) is 0 Å². The molecule has 0 radical (unpaired) electrons. The molecule has 1 aliphatic carbocycles. The van der Waals surface area contributed by atoms with Crippen LogP contribution < -0.4 is 0 Å². The number of alkyl halides is 3. The van der Waals surface area contributed by atoms with Gasteiger partial charge in [0.2, 0.25) is 0 Å². The zero-order chi connectivity index (χ0) is 21.6. The SMILES string of the molecule is O=C(c1cnn(-c2cccc(C(F)(F)F)c2)c1C1CC1)N1CCC(N2CCCC2)CC1. The van der Waals surface area contributed by atoms with E-state index in [1.54, 1.807) is 12.3 Å². The summed E-state index contributed by atoms with van der Waals surface area (Å²) < 4.78 is 41.1. The summed E-state index contributed by atoms with van der Waals surface area (Å²) in [5, 5.41) is 4.36. The maximum absolute atomic E-state index is 13.3. The van der Waals surface area contributed by atoms with Crippen molar-refractivity contribution >= 4 is 5.91 Å². The van der Waals surface area contributed by atoms with Crippen molar-refractivity contribution in [2.24, 2.45) is 0 Å². The Balaban J connectivity index is 1.37. The monoisotopic (exact) mass is 432 g/mol. The number of carbonyl (C=O) groups is 1. The first-order valence-electron chi connectivity index (χ1n) is 11.2. The summed E-state index contributed by atoms with van der Waals surface area (Å²) in [5.41, 5.74) is 0.938. The third kappa shape index (κ3) is 4.10. The summed E-state index contributed by atoms with van der Waals surface area (Å²) >= 11 is 0. The van der Waals surface area contributed by atoms with Crippen LogP contribution in [-0.4, -0.2) is 57.7 Å². The molecule has 5 nitrogen and oxygen atoms in total. The fourth-order valence-electron chi connectivity index (χ4n) is 5.00. The van der Waals surface area contributed by atoms with Gasteiger partial charge in [-0.05, 0) is 69.8 Å². The quantitative estimate of drug-likeness (QED) is 0.716. The van der Waals surface area contributed by atoms with Crippen LogP contribution in [0.1, 0.15) is 66.1 Å². The zero-order valence-electron chi connectivity index (χ0n) is 17.4. The van der Waals surface area contributed by atoms with E-state index >= 15 is 0 Å². The molecule has 31 heavy (non-hydrogen) atoms. The molecule has 5 rings (SSSR count). The smallest absolute Gasteiger partial charge is 0.338 e. The highest BCUT2D eigenvalue weighted by molar-refractivity contribution is 5.95. The molecule has 0 spiro atoms. The van der Waals surface area contributed by atoms with Crippen molar-refractivity contribution in [3.8, 4) is 5.69 Å². The van der Waals surface area contributed by atoms with Crippen LogP contribution in [0.15, 0.2) is 30.5 Å². The molecule has 0 bridgehead atoms. The molecule has 1 amide bonds. The van der Waals surface area contributed by atoms with Crippen LogP contribution in [0.5, 0.6) is 0 Å². The number of hydrogen-bond donors (Lipinski definition) is 0. The highest BCUT2D eigenvalue weighted by atomic mass is 19.4. The van der Waals surface area contributed by atoms with Gasteiger partial charge in [-0.15, -0.1) is 0 Å². The van der Waals surface area contributed by atoms with Crippen molar-refractivity contribution in [3.63, 3.8) is 0 Å². The molecule has 2 saturated heterocycles. The second-order valence-corrected chi connectivity index (χ2v) is 8.94. The van der Waals surface area contributed by atoms with Crippen molar-refractivity contribution in [2.45, 2.75) is 56.7 Å². The Morgan fingerprint density at radius 1 is 1.00 bits per heavy atom. The van der Waals surface area contributed by atoms with Crippen molar-refractivity contribution in [1.29, 1.82) is 0 Å². The summed E-state index contributed by atoms with van der Waals surface area (Å²) in [4.78, 5) is 17.8. The molecular formula is C23H27F3N4O. The maximum atomic E-state index is 13.3. The van der Waals surface area contributed by atoms with Gasteiger partial charge in [-0.3, -0.25) is 4.79 Å². The lowest BCUT2D eigenvalue weighted by atomic mass is 10.0. The summed E-state index contributed by atoms with van der Waals surface area (Å²) in [5.74, 6) is 0.137. The lowest BCUT2D eigenvalue weighted by Gasteiger charge is -2.36. The molecule has 3 aliphatic rings. The van der Waals surface area contributed by atoms with Gasteiger partial charge in [0.25, 0.3) is 5.91 Å². The molecule has 166 valence electrons. The molecule has 3 heterocycles. The van der Waals surface area contributed by atoms with E-state index in [1.807, 2.05) is 4.90 Å². The molecular weight excluding hydrogens is 405 g/mol. The highest BCUT2D eigenvalue weighted by Gasteiger charge is 2.36. The highest BCUT2D eigenvalue weighted by Crippen LogP contribution is 2.43. The van der Waals surface area contributed by atoms with E-state index in [0.29, 0.717) is 17.3 Å². The van der Waals surface area contributed by atoms with Crippen LogP contribution in [0.4, 0.5) is 13.2 Å². The lowest BCUT2D eigenvalue weighted by molar-refractivity contribution is -0.137. The molecule has 1 saturated carbocycles. The Labute approximate surface area is 179 Å². The van der Waals surface area contributed by atoms with Crippen LogP contribution in [0.25, 0.3) is 5.69 Å². The minimum atomic E-state index is -4.42. The van der Waals surface area contributed by atoms with Crippen molar-refractivity contribution < 1.29 is 18.0 Å². The van der Waals surface area contributed by atoms with Crippen molar-refractivity contribution in [2.75, 3.05) is 26.2 Å². The van der Waals surface area contributed by atoms with E-state index in [9.17, 15) is 18.0 Å². The molecule has 2 aliphatic heterocycles. The molecule has 1 aromatic heterocycles. The average Bonchev–Trinajstić information content (AvgIpc) is 3.27. The van der Waals surface area contributed by atoms with Crippen LogP contribution >= 0.6 is 0 Å². The molecule has 0 unspecified atom stereocenters. The van der Waals surface area contributed by atoms with Crippen molar-refractivity contribution in [3.05, 3.63) is 47.3 Å². The van der Waals surface area contributed by atoms with Gasteiger partial charge in [0, 0.05) is 25.0 Å². The number of benzene rings is 1. The van der Waals surface area contributed by atoms with E-state index in [-0.39, 0.29) is 11.8 Å². The van der Waals surface area contributed by atoms with Crippen molar-refractivity contribution in [1.82, 2.24) is 19.6 Å². The molecule has 1 aromatic carbocycles. The number of likely N-dealkylation sites (tertiary alicyclic amines) is 2. The minimum Gasteiger partial charge on any atom is -0.338 e. The number of nitrogens with zero attached hydrogens (tertiary/aromatic N) is 4. The van der Waals surface area contributed by atoms with Gasteiger partial charge in [0.05, 0.1) is 28.7 Å². The fraction of sp³-hybridized carbons (Fsp3) is 0.565. The van der Waals surface area contributed by atoms with Gasteiger partial charge in [-0.1, -0.05) is 6.07 Å². The van der Waals surface area contributed by atoms with Crippen LogP contribution in [0.3, 0.4) is 0 Å². The Kier molecular flexibility index (Phi) is 5.28. The molecule has 3 fully saturated rings. The number of piperidine rings is 1. The first-order valence-corrected chi connectivity index (χ1v) is 11.2. The first kappa shape index (κ1) is 20.5. The molecule has 2 aromatic rings. The Bertz CT molecular complexity index is 952. The first-order chi connectivity index (χ1) is 14.9. The average molecular weight is 432 g/mol. The second-order valence-electron chi connectivity index (χ2n) is 8.94. The largest absolute Gasteiger partial charge is 0.416 e. The summed E-state index contributed by atoms with van der Waals surface area (Å²) in [7, 11) is 0. The Morgan fingerprint density at radius 2 is 1.71 bits per heavy atom. The normalized spacial score (nSPS) is 21.1. The number of amides is 1. The number of carbonyl (C=O) groups excluding carboxylic acids is 1. The number of halogens is 3.